The summed E-state index contributed by atoms with van der Waals surface area (Å²) >= 11 is 0. The second-order valence-electron chi connectivity index (χ2n) is 11.2. The van der Waals surface area contributed by atoms with Gasteiger partial charge in [-0.2, -0.15) is 13.2 Å². The molecule has 14 heteroatoms. The highest BCUT2D eigenvalue weighted by Crippen LogP contribution is 2.37. The van der Waals surface area contributed by atoms with Crippen LogP contribution in [0.15, 0.2) is 36.5 Å². The molecule has 44 heavy (non-hydrogen) atoms. The van der Waals surface area contributed by atoms with Crippen LogP contribution in [0, 0.1) is 11.7 Å². The highest BCUT2D eigenvalue weighted by atomic mass is 32.2. The lowest BCUT2D eigenvalue weighted by Crippen LogP contribution is -2.38. The number of aromatic nitrogens is 1. The van der Waals surface area contributed by atoms with Crippen LogP contribution in [-0.4, -0.2) is 65.8 Å². The first-order chi connectivity index (χ1) is 20.4. The number of primary amides is 1. The second-order valence-corrected chi connectivity index (χ2v) is 13.5. The smallest absolute Gasteiger partial charge is 0.475 e. The summed E-state index contributed by atoms with van der Waals surface area (Å²) in [6.45, 7) is 9.49. The van der Waals surface area contributed by atoms with Gasteiger partial charge in [0.2, 0.25) is 10.0 Å². The largest absolute Gasteiger partial charge is 0.490 e. The SMILES string of the molecule is CCS(=O)(=O)N1CCC(c2c[nH]c3c(C(N)=O)cc(-c4cc(F)cc(CNC(C)C(C)C)c4)cc23)CC1.O=C(O)C(F)(F)F. The van der Waals surface area contributed by atoms with E-state index in [-0.39, 0.29) is 23.5 Å². The predicted octanol–water partition coefficient (Wildman–Crippen LogP) is 5.37. The maximum absolute atomic E-state index is 14.7. The number of sulfonamides is 1. The number of hydrogen-bond acceptors (Lipinski definition) is 5. The van der Waals surface area contributed by atoms with Crippen molar-refractivity contribution in [2.75, 3.05) is 18.8 Å². The van der Waals surface area contributed by atoms with Gasteiger partial charge in [-0.05, 0) is 91.1 Å². The Morgan fingerprint density at radius 3 is 2.20 bits per heavy atom. The number of nitrogens with zero attached hydrogens (tertiary/aromatic N) is 1. The molecule has 1 unspecified atom stereocenters. The average molecular weight is 643 g/mol. The third-order valence-electron chi connectivity index (χ3n) is 7.90. The standard InChI is InChI=1S/C28H37FN4O3S.C2HF3O2/c1-5-37(35,36)33-8-6-20(7-9-33)26-16-32-27-24(26)13-22(14-25(27)28(30)34)21-10-19(11-23(29)12-21)15-31-18(4)17(2)3;3-2(4,5)1(6)7/h10-14,16-18,20,31-32H,5-9,15H2,1-4H3,(H2,30,34);(H,6,7). The van der Waals surface area contributed by atoms with Crippen LogP contribution in [0.25, 0.3) is 22.0 Å². The van der Waals surface area contributed by atoms with Crippen LogP contribution in [0.4, 0.5) is 17.6 Å². The number of benzene rings is 2. The van der Waals surface area contributed by atoms with Crippen molar-refractivity contribution in [3.05, 3.63) is 59.0 Å². The van der Waals surface area contributed by atoms with E-state index in [0.29, 0.717) is 60.6 Å². The lowest BCUT2D eigenvalue weighted by atomic mass is 9.88. The Hall–Kier alpha value is -3.49. The number of nitrogens with one attached hydrogen (secondary N) is 2. The molecule has 1 aliphatic rings. The molecule has 5 N–H and O–H groups in total. The summed E-state index contributed by atoms with van der Waals surface area (Å²) in [5, 5.41) is 11.4. The third kappa shape index (κ3) is 8.57. The molecule has 1 saturated heterocycles. The molecule has 1 aliphatic heterocycles. The van der Waals surface area contributed by atoms with Crippen molar-refractivity contribution >= 4 is 32.8 Å². The summed E-state index contributed by atoms with van der Waals surface area (Å²) in [6.07, 6.45) is -1.82. The number of piperidine rings is 1. The van der Waals surface area contributed by atoms with E-state index in [2.05, 4.69) is 31.1 Å². The topological polar surface area (TPSA) is 146 Å². The van der Waals surface area contributed by atoms with E-state index in [1.54, 1.807) is 17.3 Å². The van der Waals surface area contributed by atoms with Gasteiger partial charge in [0.25, 0.3) is 5.91 Å². The summed E-state index contributed by atoms with van der Waals surface area (Å²) in [6, 6.07) is 8.91. The molecule has 0 bridgehead atoms. The molecule has 4 rings (SSSR count). The van der Waals surface area contributed by atoms with Crippen molar-refractivity contribution in [1.29, 1.82) is 0 Å². The van der Waals surface area contributed by atoms with Gasteiger partial charge < -0.3 is 21.1 Å². The quantitative estimate of drug-likeness (QED) is 0.231. The number of fused-ring (bicyclic) bond motifs is 1. The van der Waals surface area contributed by atoms with E-state index in [1.165, 1.54) is 12.1 Å². The number of carbonyl (C=O) groups is 2. The summed E-state index contributed by atoms with van der Waals surface area (Å²) < 4.78 is 72.5. The molecule has 1 amide bonds. The zero-order valence-electron chi connectivity index (χ0n) is 25.0. The number of nitrogens with two attached hydrogens (primary N) is 1. The minimum absolute atomic E-state index is 0.0949. The normalized spacial score (nSPS) is 15.7. The fraction of sp³-hybridized carbons (Fsp3) is 0.467. The lowest BCUT2D eigenvalue weighted by molar-refractivity contribution is -0.192. The zero-order valence-corrected chi connectivity index (χ0v) is 25.8. The van der Waals surface area contributed by atoms with Gasteiger partial charge in [-0.15, -0.1) is 0 Å². The molecule has 0 saturated carbocycles. The van der Waals surface area contributed by atoms with Crippen LogP contribution in [0.1, 0.15) is 67.9 Å². The summed E-state index contributed by atoms with van der Waals surface area (Å²) in [7, 11) is -3.22. The number of alkyl halides is 3. The number of carboxylic acids is 1. The van der Waals surface area contributed by atoms with Crippen molar-refractivity contribution in [3.63, 3.8) is 0 Å². The van der Waals surface area contributed by atoms with Crippen LogP contribution < -0.4 is 11.1 Å². The van der Waals surface area contributed by atoms with Crippen molar-refractivity contribution < 1.29 is 40.7 Å². The van der Waals surface area contributed by atoms with Crippen LogP contribution in [-0.2, 0) is 21.4 Å². The molecule has 242 valence electrons. The lowest BCUT2D eigenvalue weighted by Gasteiger charge is -2.31. The monoisotopic (exact) mass is 642 g/mol. The number of carboxylic acid groups (broad SMARTS) is 1. The van der Waals surface area contributed by atoms with Crippen LogP contribution in [0.3, 0.4) is 0 Å². The predicted molar refractivity (Wildman–Crippen MR) is 160 cm³/mol. The summed E-state index contributed by atoms with van der Waals surface area (Å²) in [4.78, 5) is 24.5. The van der Waals surface area contributed by atoms with E-state index in [0.717, 1.165) is 16.5 Å². The summed E-state index contributed by atoms with van der Waals surface area (Å²) in [5.41, 5.74) is 9.98. The van der Waals surface area contributed by atoms with Gasteiger partial charge in [0.15, 0.2) is 0 Å². The van der Waals surface area contributed by atoms with Crippen LogP contribution in [0.2, 0.25) is 0 Å². The van der Waals surface area contributed by atoms with Gasteiger partial charge in [-0.3, -0.25) is 4.79 Å². The third-order valence-corrected chi connectivity index (χ3v) is 9.78. The summed E-state index contributed by atoms with van der Waals surface area (Å²) in [5.74, 6) is -2.98. The Balaban J connectivity index is 0.000000676. The number of hydrogen-bond donors (Lipinski definition) is 4. The first-order valence-electron chi connectivity index (χ1n) is 14.2. The van der Waals surface area contributed by atoms with Gasteiger partial charge >= 0.3 is 12.1 Å². The molecule has 9 nitrogen and oxygen atoms in total. The Bertz CT molecular complexity index is 1600. The molecule has 3 aromatic rings. The average Bonchev–Trinajstić information content (AvgIpc) is 3.39. The van der Waals surface area contributed by atoms with E-state index in [1.807, 2.05) is 18.3 Å². The van der Waals surface area contributed by atoms with E-state index in [9.17, 15) is 30.8 Å². The molecule has 0 aliphatic carbocycles. The molecule has 1 atom stereocenters. The maximum Gasteiger partial charge on any atom is 0.490 e. The van der Waals surface area contributed by atoms with E-state index >= 15 is 0 Å². The maximum atomic E-state index is 14.7. The minimum Gasteiger partial charge on any atom is -0.475 e. The minimum atomic E-state index is -5.08. The fourth-order valence-electron chi connectivity index (χ4n) is 5.01. The van der Waals surface area contributed by atoms with Crippen molar-refractivity contribution in [2.45, 2.75) is 65.2 Å². The van der Waals surface area contributed by atoms with Gasteiger partial charge in [0.1, 0.15) is 5.82 Å². The molecule has 1 aromatic heterocycles. The molecule has 2 aromatic carbocycles. The number of H-pyrrole nitrogens is 1. The highest BCUT2D eigenvalue weighted by Gasteiger charge is 2.38. The van der Waals surface area contributed by atoms with Crippen LogP contribution >= 0.6 is 0 Å². The van der Waals surface area contributed by atoms with Gasteiger partial charge in [0, 0.05) is 37.3 Å². The number of aromatic amines is 1. The van der Waals surface area contributed by atoms with Gasteiger partial charge in [-0.1, -0.05) is 13.8 Å². The Morgan fingerprint density at radius 1 is 1.09 bits per heavy atom. The second kappa shape index (κ2) is 14.1. The molecule has 1 fully saturated rings. The molecule has 0 radical (unpaired) electrons. The number of rotatable bonds is 9. The van der Waals surface area contributed by atoms with Crippen molar-refractivity contribution in [1.82, 2.24) is 14.6 Å². The van der Waals surface area contributed by atoms with Crippen molar-refractivity contribution in [3.8, 4) is 11.1 Å². The number of halogens is 4. The first kappa shape index (κ1) is 35.0. The number of amides is 1. The van der Waals surface area contributed by atoms with Crippen LogP contribution in [0.5, 0.6) is 0 Å². The number of aliphatic carboxylic acids is 1. The van der Waals surface area contributed by atoms with Crippen molar-refractivity contribution in [2.24, 2.45) is 11.7 Å². The van der Waals surface area contributed by atoms with Gasteiger partial charge in [-0.25, -0.2) is 21.9 Å². The highest BCUT2D eigenvalue weighted by molar-refractivity contribution is 7.89. The number of carbonyl (C=O) groups excluding carboxylic acids is 1. The Kier molecular flexibility index (Phi) is 11.2. The van der Waals surface area contributed by atoms with E-state index in [4.69, 9.17) is 15.6 Å². The fourth-order valence-corrected chi connectivity index (χ4v) is 6.15. The molecular weight excluding hydrogens is 604 g/mol. The molecule has 0 spiro atoms. The van der Waals surface area contributed by atoms with E-state index < -0.39 is 28.1 Å². The molecule has 2 heterocycles. The first-order valence-corrected chi connectivity index (χ1v) is 15.8. The molecular formula is C30H38F4N4O5S. The Morgan fingerprint density at radius 2 is 1.68 bits per heavy atom. The zero-order chi connectivity index (χ0) is 33.0. The van der Waals surface area contributed by atoms with Gasteiger partial charge in [0.05, 0.1) is 16.8 Å². The Labute approximate surface area is 253 Å².